The maximum absolute atomic E-state index is 12.8. The molecular formula is C21H24N4O5S2. The van der Waals surface area contributed by atoms with Crippen LogP contribution in [-0.2, 0) is 21.4 Å². The summed E-state index contributed by atoms with van der Waals surface area (Å²) in [6.45, 7) is 5.49. The molecule has 1 aliphatic heterocycles. The van der Waals surface area contributed by atoms with Crippen molar-refractivity contribution in [1.29, 1.82) is 0 Å². The number of nitrogens with one attached hydrogen (secondary N) is 1. The van der Waals surface area contributed by atoms with E-state index in [4.69, 9.17) is 14.6 Å². The number of carbonyl (C=O) groups excluding carboxylic acids is 1. The van der Waals surface area contributed by atoms with Gasteiger partial charge in [-0.25, -0.2) is 18.5 Å². The molecule has 0 fully saturated rings. The number of nitrogens with two attached hydrogens (primary N) is 1. The number of imidazole rings is 1. The third-order valence-corrected chi connectivity index (χ3v) is 6.92. The fourth-order valence-corrected chi connectivity index (χ4v) is 4.85. The summed E-state index contributed by atoms with van der Waals surface area (Å²) in [7, 11) is -3.83. The number of hydrogen-bond donors (Lipinski definition) is 2. The SMILES string of the molecule is CCCn1c(S[C@@H](C)C(=O)Nc2ccc3c(c2)OCCO3)nc2cc(S(N)(=O)=O)ccc21. The first-order valence-electron chi connectivity index (χ1n) is 10.2. The highest BCUT2D eigenvalue weighted by molar-refractivity contribution is 8.00. The fourth-order valence-electron chi connectivity index (χ4n) is 3.37. The number of amides is 1. The first-order chi connectivity index (χ1) is 15.3. The van der Waals surface area contributed by atoms with E-state index in [1.54, 1.807) is 31.2 Å². The van der Waals surface area contributed by atoms with Gasteiger partial charge in [-0.3, -0.25) is 4.79 Å². The lowest BCUT2D eigenvalue weighted by molar-refractivity contribution is -0.115. The zero-order chi connectivity index (χ0) is 22.9. The molecule has 2 aromatic carbocycles. The monoisotopic (exact) mass is 476 g/mol. The summed E-state index contributed by atoms with van der Waals surface area (Å²) in [5, 5.41) is 8.34. The molecule has 0 unspecified atom stereocenters. The van der Waals surface area contributed by atoms with Gasteiger partial charge in [0.15, 0.2) is 16.7 Å². The van der Waals surface area contributed by atoms with Crippen molar-refractivity contribution in [3.8, 4) is 11.5 Å². The molecule has 1 atom stereocenters. The van der Waals surface area contributed by atoms with E-state index in [9.17, 15) is 13.2 Å². The number of aryl methyl sites for hydroxylation is 1. The van der Waals surface area contributed by atoms with Crippen molar-refractivity contribution in [3.05, 3.63) is 36.4 Å². The summed E-state index contributed by atoms with van der Waals surface area (Å²) in [6, 6.07) is 9.90. The topological polar surface area (TPSA) is 126 Å². The largest absolute Gasteiger partial charge is 0.486 e. The first-order valence-corrected chi connectivity index (χ1v) is 12.6. The van der Waals surface area contributed by atoms with E-state index in [-0.39, 0.29) is 10.8 Å². The van der Waals surface area contributed by atoms with Gasteiger partial charge in [-0.05, 0) is 43.7 Å². The number of carbonyl (C=O) groups is 1. The molecule has 170 valence electrons. The van der Waals surface area contributed by atoms with Crippen molar-refractivity contribution in [2.24, 2.45) is 5.14 Å². The molecule has 9 nitrogen and oxygen atoms in total. The summed E-state index contributed by atoms with van der Waals surface area (Å²) < 4.78 is 36.4. The van der Waals surface area contributed by atoms with Crippen LogP contribution in [0.5, 0.6) is 11.5 Å². The van der Waals surface area contributed by atoms with E-state index in [1.165, 1.54) is 23.9 Å². The van der Waals surface area contributed by atoms with Crippen molar-refractivity contribution < 1.29 is 22.7 Å². The summed E-state index contributed by atoms with van der Waals surface area (Å²) in [5.41, 5.74) is 1.93. The van der Waals surface area contributed by atoms with Crippen LogP contribution in [0.2, 0.25) is 0 Å². The molecule has 32 heavy (non-hydrogen) atoms. The second-order valence-electron chi connectivity index (χ2n) is 7.35. The standard InChI is InChI=1S/C21H24N4O5S2/c1-3-8-25-17-6-5-15(32(22,27)28)12-16(17)24-21(25)31-13(2)20(26)23-14-4-7-18-19(11-14)30-10-9-29-18/h4-7,11-13H,3,8-10H2,1-2H3,(H,23,26)(H2,22,27,28)/t13-/m0/s1. The molecule has 2 heterocycles. The van der Waals surface area contributed by atoms with E-state index in [2.05, 4.69) is 10.3 Å². The van der Waals surface area contributed by atoms with Crippen LogP contribution in [0.1, 0.15) is 20.3 Å². The molecule has 1 amide bonds. The summed E-state index contributed by atoms with van der Waals surface area (Å²) >= 11 is 1.31. The second-order valence-corrected chi connectivity index (χ2v) is 10.2. The Balaban J connectivity index is 1.55. The number of primary sulfonamides is 1. The Kier molecular flexibility index (Phi) is 6.31. The quantitative estimate of drug-likeness (QED) is 0.502. The number of hydrogen-bond acceptors (Lipinski definition) is 7. The van der Waals surface area contributed by atoms with Crippen LogP contribution in [0.4, 0.5) is 5.69 Å². The Morgan fingerprint density at radius 3 is 2.69 bits per heavy atom. The van der Waals surface area contributed by atoms with Crippen LogP contribution in [0.15, 0.2) is 46.5 Å². The van der Waals surface area contributed by atoms with Crippen LogP contribution >= 0.6 is 11.8 Å². The maximum Gasteiger partial charge on any atom is 0.238 e. The van der Waals surface area contributed by atoms with Gasteiger partial charge in [-0.15, -0.1) is 0 Å². The highest BCUT2D eigenvalue weighted by Gasteiger charge is 2.21. The van der Waals surface area contributed by atoms with E-state index in [1.807, 2.05) is 11.5 Å². The third-order valence-electron chi connectivity index (χ3n) is 4.92. The number of anilines is 1. The van der Waals surface area contributed by atoms with Gasteiger partial charge in [0.1, 0.15) is 13.2 Å². The molecule has 0 saturated carbocycles. The van der Waals surface area contributed by atoms with Crippen LogP contribution in [0, 0.1) is 0 Å². The third kappa shape index (κ3) is 4.69. The highest BCUT2D eigenvalue weighted by Crippen LogP contribution is 2.33. The van der Waals surface area contributed by atoms with Gasteiger partial charge in [0.2, 0.25) is 15.9 Å². The van der Waals surface area contributed by atoms with Gasteiger partial charge in [-0.2, -0.15) is 0 Å². The minimum Gasteiger partial charge on any atom is -0.486 e. The van der Waals surface area contributed by atoms with Crippen molar-refractivity contribution in [2.75, 3.05) is 18.5 Å². The molecule has 0 saturated heterocycles. The zero-order valence-corrected chi connectivity index (χ0v) is 19.3. The van der Waals surface area contributed by atoms with Gasteiger partial charge in [0, 0.05) is 18.3 Å². The van der Waals surface area contributed by atoms with Crippen molar-refractivity contribution in [3.63, 3.8) is 0 Å². The molecule has 11 heteroatoms. The average molecular weight is 477 g/mol. The predicted octanol–water partition coefficient (Wildman–Crippen LogP) is 2.98. The van der Waals surface area contributed by atoms with E-state index in [0.29, 0.717) is 47.6 Å². The molecule has 1 aromatic heterocycles. The lowest BCUT2D eigenvalue weighted by Crippen LogP contribution is -2.23. The number of thioether (sulfide) groups is 1. The van der Waals surface area contributed by atoms with Gasteiger partial charge < -0.3 is 19.4 Å². The molecule has 0 spiro atoms. The number of ether oxygens (including phenoxy) is 2. The highest BCUT2D eigenvalue weighted by atomic mass is 32.2. The smallest absolute Gasteiger partial charge is 0.238 e. The first kappa shape index (κ1) is 22.4. The van der Waals surface area contributed by atoms with Crippen LogP contribution in [-0.4, -0.2) is 42.3 Å². The molecule has 4 rings (SSSR count). The Morgan fingerprint density at radius 2 is 1.97 bits per heavy atom. The molecule has 0 bridgehead atoms. The maximum atomic E-state index is 12.8. The van der Waals surface area contributed by atoms with E-state index >= 15 is 0 Å². The molecule has 1 aliphatic rings. The number of rotatable bonds is 7. The molecule has 3 aromatic rings. The summed E-state index contributed by atoms with van der Waals surface area (Å²) in [6.07, 6.45) is 0.855. The Hall–Kier alpha value is -2.76. The molecule has 0 aliphatic carbocycles. The van der Waals surface area contributed by atoms with Crippen molar-refractivity contribution in [1.82, 2.24) is 9.55 Å². The van der Waals surface area contributed by atoms with Gasteiger partial charge in [-0.1, -0.05) is 18.7 Å². The normalized spacial score (nSPS) is 14.3. The Morgan fingerprint density at radius 1 is 1.22 bits per heavy atom. The summed E-state index contributed by atoms with van der Waals surface area (Å²) in [4.78, 5) is 17.4. The number of aromatic nitrogens is 2. The number of fused-ring (bicyclic) bond motifs is 2. The molecular weight excluding hydrogens is 452 g/mol. The lowest BCUT2D eigenvalue weighted by atomic mass is 10.2. The minimum atomic E-state index is -3.83. The van der Waals surface area contributed by atoms with Crippen LogP contribution in [0.3, 0.4) is 0 Å². The number of benzene rings is 2. The van der Waals surface area contributed by atoms with Crippen LogP contribution in [0.25, 0.3) is 11.0 Å². The van der Waals surface area contributed by atoms with Crippen LogP contribution < -0.4 is 19.9 Å². The van der Waals surface area contributed by atoms with E-state index in [0.717, 1.165) is 11.9 Å². The van der Waals surface area contributed by atoms with E-state index < -0.39 is 15.3 Å². The van der Waals surface area contributed by atoms with Crippen molar-refractivity contribution in [2.45, 2.75) is 42.1 Å². The van der Waals surface area contributed by atoms with Gasteiger partial charge >= 0.3 is 0 Å². The summed E-state index contributed by atoms with van der Waals surface area (Å²) in [5.74, 6) is 1.07. The van der Waals surface area contributed by atoms with Gasteiger partial charge in [0.25, 0.3) is 0 Å². The molecule has 3 N–H and O–H groups in total. The second kappa shape index (κ2) is 9.00. The fraction of sp³-hybridized carbons (Fsp3) is 0.333. The van der Waals surface area contributed by atoms with Gasteiger partial charge in [0.05, 0.1) is 21.2 Å². The lowest BCUT2D eigenvalue weighted by Gasteiger charge is -2.19. The zero-order valence-electron chi connectivity index (χ0n) is 17.7. The number of sulfonamides is 1. The minimum absolute atomic E-state index is 0.00657. The predicted molar refractivity (Wildman–Crippen MR) is 123 cm³/mol. The average Bonchev–Trinajstić information content (AvgIpc) is 3.09. The van der Waals surface area contributed by atoms with Crippen molar-refractivity contribution >= 4 is 44.4 Å². The number of nitrogens with zero attached hydrogens (tertiary/aromatic N) is 2. The Bertz CT molecular complexity index is 1270. The Labute approximate surface area is 190 Å². The molecule has 0 radical (unpaired) electrons.